The van der Waals surface area contributed by atoms with Crippen LogP contribution < -0.4 is 15.4 Å². The third-order valence-electron chi connectivity index (χ3n) is 6.89. The van der Waals surface area contributed by atoms with E-state index in [0.29, 0.717) is 41.4 Å². The molecular formula is C35H26F6N4O3. The van der Waals surface area contributed by atoms with Crippen LogP contribution in [0.5, 0.6) is 5.75 Å². The number of amides is 2. The molecule has 48 heavy (non-hydrogen) atoms. The fourth-order valence-corrected chi connectivity index (χ4v) is 4.64. The van der Waals surface area contributed by atoms with Gasteiger partial charge < -0.3 is 15.4 Å². The van der Waals surface area contributed by atoms with E-state index in [4.69, 9.17) is 4.74 Å². The summed E-state index contributed by atoms with van der Waals surface area (Å²) in [6, 6.07) is 23.3. The molecule has 0 fully saturated rings. The number of halogens is 6. The lowest BCUT2D eigenvalue weighted by Crippen LogP contribution is -2.25. The van der Waals surface area contributed by atoms with Gasteiger partial charge in [0.15, 0.2) is 0 Å². The summed E-state index contributed by atoms with van der Waals surface area (Å²) in [4.78, 5) is 27.3. The van der Waals surface area contributed by atoms with E-state index in [1.165, 1.54) is 29.1 Å². The number of anilines is 2. The summed E-state index contributed by atoms with van der Waals surface area (Å²) < 4.78 is 87.2. The second kappa shape index (κ2) is 13.9. The van der Waals surface area contributed by atoms with Gasteiger partial charge in [-0.1, -0.05) is 30.3 Å². The highest BCUT2D eigenvalue weighted by atomic mass is 19.4. The molecule has 0 saturated carbocycles. The minimum Gasteiger partial charge on any atom is -0.494 e. The number of nitrogens with one attached hydrogen (secondary N) is 2. The lowest BCUT2D eigenvalue weighted by atomic mass is 10.0. The molecule has 0 saturated heterocycles. The van der Waals surface area contributed by atoms with Crippen molar-refractivity contribution in [3.05, 3.63) is 132 Å². The first-order valence-corrected chi connectivity index (χ1v) is 14.4. The topological polar surface area (TPSA) is 85.2 Å². The van der Waals surface area contributed by atoms with Crippen LogP contribution in [0.4, 0.5) is 37.7 Å². The van der Waals surface area contributed by atoms with Crippen LogP contribution in [0, 0.1) is 0 Å². The molecular weight excluding hydrogens is 638 g/mol. The molecule has 2 amide bonds. The Labute approximate surface area is 270 Å². The summed E-state index contributed by atoms with van der Waals surface area (Å²) in [5.74, 6) is -1.66. The van der Waals surface area contributed by atoms with Crippen LogP contribution in [0.3, 0.4) is 0 Å². The number of carbonyl (C=O) groups is 2. The van der Waals surface area contributed by atoms with E-state index in [1.807, 2.05) is 6.92 Å². The molecule has 2 N–H and O–H groups in total. The van der Waals surface area contributed by atoms with E-state index >= 15 is 0 Å². The molecule has 4 aromatic carbocycles. The molecule has 5 rings (SSSR count). The Balaban J connectivity index is 1.61. The average Bonchev–Trinajstić information content (AvgIpc) is 3.48. The Hall–Kier alpha value is -5.85. The molecule has 0 radical (unpaired) electrons. The Morgan fingerprint density at radius 2 is 1.29 bits per heavy atom. The van der Waals surface area contributed by atoms with E-state index < -0.39 is 40.9 Å². The largest absolute Gasteiger partial charge is 0.494 e. The molecule has 1 heterocycles. The Morgan fingerprint density at radius 1 is 0.750 bits per heavy atom. The van der Waals surface area contributed by atoms with Crippen molar-refractivity contribution in [3.8, 4) is 22.7 Å². The highest BCUT2D eigenvalue weighted by Gasteiger charge is 2.32. The van der Waals surface area contributed by atoms with Crippen LogP contribution >= 0.6 is 0 Å². The summed E-state index contributed by atoms with van der Waals surface area (Å²) in [5, 5.41) is 9.27. The summed E-state index contributed by atoms with van der Waals surface area (Å²) in [5.41, 5.74) is -1.47. The Kier molecular flexibility index (Phi) is 9.69. The van der Waals surface area contributed by atoms with E-state index in [1.54, 1.807) is 54.6 Å². The predicted molar refractivity (Wildman–Crippen MR) is 168 cm³/mol. The average molecular weight is 665 g/mol. The van der Waals surface area contributed by atoms with Gasteiger partial charge in [-0.05, 0) is 85.8 Å². The minimum atomic E-state index is -4.71. The highest BCUT2D eigenvalue weighted by molar-refractivity contribution is 6.29. The van der Waals surface area contributed by atoms with Crippen molar-refractivity contribution in [2.24, 2.45) is 0 Å². The molecule has 0 aliphatic heterocycles. The number of carbonyl (C=O) groups excluding carboxylic acids is 2. The van der Waals surface area contributed by atoms with Gasteiger partial charge in [0.25, 0.3) is 11.8 Å². The quantitative estimate of drug-likeness (QED) is 0.0715. The van der Waals surface area contributed by atoms with Crippen molar-refractivity contribution >= 4 is 29.3 Å². The Morgan fingerprint density at radius 3 is 1.79 bits per heavy atom. The lowest BCUT2D eigenvalue weighted by molar-refractivity contribution is -0.138. The molecule has 0 bridgehead atoms. The number of alkyl halides is 6. The van der Waals surface area contributed by atoms with Gasteiger partial charge in [-0.2, -0.15) is 31.4 Å². The summed E-state index contributed by atoms with van der Waals surface area (Å²) in [7, 11) is 0. The molecule has 1 aromatic heterocycles. The first kappa shape index (κ1) is 33.5. The zero-order valence-corrected chi connectivity index (χ0v) is 25.1. The molecule has 0 unspecified atom stereocenters. The van der Waals surface area contributed by atoms with Crippen molar-refractivity contribution in [2.75, 3.05) is 17.2 Å². The zero-order chi connectivity index (χ0) is 34.5. The molecule has 0 aliphatic rings. The number of rotatable bonds is 9. The third kappa shape index (κ3) is 8.10. The number of aromatic nitrogens is 2. The van der Waals surface area contributed by atoms with E-state index in [0.717, 1.165) is 24.3 Å². The van der Waals surface area contributed by atoms with Crippen LogP contribution in [0.15, 0.2) is 115 Å². The van der Waals surface area contributed by atoms with Crippen LogP contribution in [-0.2, 0) is 21.9 Å². The first-order valence-electron chi connectivity index (χ1n) is 14.4. The van der Waals surface area contributed by atoms with Crippen molar-refractivity contribution in [3.63, 3.8) is 0 Å². The van der Waals surface area contributed by atoms with Gasteiger partial charge in [0.05, 0.1) is 29.1 Å². The van der Waals surface area contributed by atoms with Gasteiger partial charge in [0.1, 0.15) is 11.3 Å². The number of hydrogen-bond donors (Lipinski definition) is 2. The summed E-state index contributed by atoms with van der Waals surface area (Å²) in [6.45, 7) is 2.26. The molecule has 0 atom stereocenters. The standard InChI is InChI=1S/C35H26F6N4O3/c1-2-48-29-16-14-22(15-17-29)31-23(21-45(44-31)28-12-4-3-5-13-28)18-30(32(46)42-26-10-6-8-24(19-26)34(36,37)38)33(47)43-27-11-7-9-25(20-27)35(39,40)41/h3-21H,2H2,1H3,(H,42,46)(H,43,47). The molecule has 0 aliphatic carbocycles. The van der Waals surface area contributed by atoms with Gasteiger partial charge >= 0.3 is 12.4 Å². The monoisotopic (exact) mass is 664 g/mol. The third-order valence-corrected chi connectivity index (χ3v) is 6.89. The molecule has 246 valence electrons. The van der Waals surface area contributed by atoms with E-state index in [2.05, 4.69) is 15.7 Å². The van der Waals surface area contributed by atoms with Gasteiger partial charge in [0.2, 0.25) is 0 Å². The van der Waals surface area contributed by atoms with Crippen molar-refractivity contribution < 1.29 is 40.7 Å². The smallest absolute Gasteiger partial charge is 0.416 e. The SMILES string of the molecule is CCOc1ccc(-c2nn(-c3ccccc3)cc2C=C(C(=O)Nc2cccc(C(F)(F)F)c2)C(=O)Nc2cccc(C(F)(F)F)c2)cc1. The molecule has 7 nitrogen and oxygen atoms in total. The van der Waals surface area contributed by atoms with E-state index in [-0.39, 0.29) is 16.9 Å². The number of ether oxygens (including phenoxy) is 1. The highest BCUT2D eigenvalue weighted by Crippen LogP contribution is 2.33. The number of nitrogens with zero attached hydrogens (tertiary/aromatic N) is 2. The predicted octanol–water partition coefficient (Wildman–Crippen LogP) is 8.64. The van der Waals surface area contributed by atoms with Crippen molar-refractivity contribution in [1.29, 1.82) is 0 Å². The van der Waals surface area contributed by atoms with Crippen molar-refractivity contribution in [2.45, 2.75) is 19.3 Å². The normalized spacial score (nSPS) is 11.5. The van der Waals surface area contributed by atoms with E-state index in [9.17, 15) is 35.9 Å². The maximum atomic E-state index is 13.6. The van der Waals surface area contributed by atoms with Crippen molar-refractivity contribution in [1.82, 2.24) is 9.78 Å². The van der Waals surface area contributed by atoms with Crippen LogP contribution in [-0.4, -0.2) is 28.2 Å². The number of benzene rings is 4. The van der Waals surface area contributed by atoms with Gasteiger partial charge in [-0.3, -0.25) is 9.59 Å². The fourth-order valence-electron chi connectivity index (χ4n) is 4.64. The van der Waals surface area contributed by atoms with Crippen LogP contribution in [0.1, 0.15) is 23.6 Å². The van der Waals surface area contributed by atoms with Gasteiger partial charge in [-0.25, -0.2) is 4.68 Å². The lowest BCUT2D eigenvalue weighted by Gasteiger charge is -2.13. The number of para-hydroxylation sites is 1. The first-order chi connectivity index (χ1) is 22.8. The zero-order valence-electron chi connectivity index (χ0n) is 25.1. The van der Waals surface area contributed by atoms with Gasteiger partial charge in [-0.15, -0.1) is 0 Å². The molecule has 0 spiro atoms. The van der Waals surface area contributed by atoms with Gasteiger partial charge in [0, 0.05) is 28.7 Å². The maximum Gasteiger partial charge on any atom is 0.416 e. The molecule has 5 aromatic rings. The fraction of sp³-hybridized carbons (Fsp3) is 0.114. The molecule has 13 heteroatoms. The maximum absolute atomic E-state index is 13.6. The number of hydrogen-bond acceptors (Lipinski definition) is 4. The van der Waals surface area contributed by atoms with Crippen LogP contribution in [0.2, 0.25) is 0 Å². The van der Waals surface area contributed by atoms with Crippen LogP contribution in [0.25, 0.3) is 23.0 Å². The second-order valence-corrected chi connectivity index (χ2v) is 10.3. The minimum absolute atomic E-state index is 0.247. The summed E-state index contributed by atoms with van der Waals surface area (Å²) in [6.07, 6.45) is -6.71. The second-order valence-electron chi connectivity index (χ2n) is 10.3. The summed E-state index contributed by atoms with van der Waals surface area (Å²) >= 11 is 0. The Bertz CT molecular complexity index is 1880.